The van der Waals surface area contributed by atoms with Gasteiger partial charge < -0.3 is 19.9 Å². The first-order chi connectivity index (χ1) is 15.2. The fourth-order valence-electron chi connectivity index (χ4n) is 3.45. The third-order valence-corrected chi connectivity index (χ3v) is 5.13. The first-order valence-corrected chi connectivity index (χ1v) is 10.9. The topological polar surface area (TPSA) is 63.5 Å². The fourth-order valence-corrected chi connectivity index (χ4v) is 3.45. The molecule has 0 saturated heterocycles. The van der Waals surface area contributed by atoms with Crippen molar-refractivity contribution < 1.29 is 4.74 Å². The summed E-state index contributed by atoms with van der Waals surface area (Å²) in [6, 6.07) is 16.8. The fraction of sp³-hybridized carbons (Fsp3) is 0.360. The molecule has 0 aliphatic carbocycles. The third kappa shape index (κ3) is 7.85. The number of nitrogens with one attached hydrogen (secondary N) is 2. The highest BCUT2D eigenvalue weighted by Crippen LogP contribution is 2.19. The lowest BCUT2D eigenvalue weighted by atomic mass is 10.1. The van der Waals surface area contributed by atoms with Crippen LogP contribution in [0.1, 0.15) is 29.4 Å². The molecule has 2 aromatic carbocycles. The number of nitrogens with zero attached hydrogens (tertiary/aromatic N) is 3. The van der Waals surface area contributed by atoms with Crippen LogP contribution in [0, 0.1) is 6.92 Å². The van der Waals surface area contributed by atoms with Gasteiger partial charge in [-0.2, -0.15) is 0 Å². The highest BCUT2D eigenvalue weighted by Gasteiger charge is 2.05. The summed E-state index contributed by atoms with van der Waals surface area (Å²) >= 11 is 0. The van der Waals surface area contributed by atoms with Crippen molar-refractivity contribution in [1.82, 2.24) is 20.2 Å². The summed E-state index contributed by atoms with van der Waals surface area (Å²) in [6.45, 7) is 7.28. The molecular formula is C25H34IN5O. The van der Waals surface area contributed by atoms with Gasteiger partial charge in [-0.25, -0.2) is 4.98 Å². The smallest absolute Gasteiger partial charge is 0.191 e. The van der Waals surface area contributed by atoms with Gasteiger partial charge >= 0.3 is 0 Å². The van der Waals surface area contributed by atoms with Gasteiger partial charge in [-0.15, -0.1) is 24.0 Å². The van der Waals surface area contributed by atoms with Crippen molar-refractivity contribution in [3.05, 3.63) is 83.4 Å². The molecule has 3 rings (SSSR count). The third-order valence-electron chi connectivity index (χ3n) is 5.13. The highest BCUT2D eigenvalue weighted by atomic mass is 127. The molecule has 0 saturated carbocycles. The number of halogens is 1. The second-order valence-corrected chi connectivity index (χ2v) is 7.45. The van der Waals surface area contributed by atoms with E-state index in [2.05, 4.69) is 76.5 Å². The van der Waals surface area contributed by atoms with E-state index in [-0.39, 0.29) is 24.0 Å². The van der Waals surface area contributed by atoms with Crippen LogP contribution in [0.4, 0.5) is 0 Å². The van der Waals surface area contributed by atoms with Crippen LogP contribution in [0.25, 0.3) is 0 Å². The number of aromatic nitrogens is 2. The van der Waals surface area contributed by atoms with Crippen LogP contribution < -0.4 is 15.4 Å². The Balaban J connectivity index is 0.00000363. The summed E-state index contributed by atoms with van der Waals surface area (Å²) in [5.74, 6) is 2.82. The summed E-state index contributed by atoms with van der Waals surface area (Å²) < 4.78 is 7.61. The van der Waals surface area contributed by atoms with Gasteiger partial charge in [-0.1, -0.05) is 42.5 Å². The van der Waals surface area contributed by atoms with Crippen LogP contribution in [-0.2, 0) is 19.4 Å². The van der Waals surface area contributed by atoms with Gasteiger partial charge in [0.2, 0.25) is 0 Å². The molecule has 0 unspecified atom stereocenters. The molecule has 0 amide bonds. The van der Waals surface area contributed by atoms with Crippen molar-refractivity contribution in [2.24, 2.45) is 4.99 Å². The molecule has 0 radical (unpaired) electrons. The summed E-state index contributed by atoms with van der Waals surface area (Å²) in [5, 5.41) is 6.75. The van der Waals surface area contributed by atoms with E-state index in [0.717, 1.165) is 55.6 Å². The van der Waals surface area contributed by atoms with Crippen molar-refractivity contribution in [2.75, 3.05) is 26.7 Å². The Kier molecular flexibility index (Phi) is 11.1. The second-order valence-electron chi connectivity index (χ2n) is 7.45. The van der Waals surface area contributed by atoms with Gasteiger partial charge in [0.15, 0.2) is 5.96 Å². The minimum Gasteiger partial charge on any atom is -0.496 e. The SMILES string of the molecule is CCNC(=NCCc1nccn1Cc1ccccc1)NCCc1ccc(C)c(OC)c1.I. The Morgan fingerprint density at radius 1 is 1.06 bits per heavy atom. The van der Waals surface area contributed by atoms with E-state index in [1.165, 1.54) is 11.1 Å². The Hall–Kier alpha value is -2.55. The van der Waals surface area contributed by atoms with E-state index in [1.54, 1.807) is 7.11 Å². The minimum atomic E-state index is 0. The summed E-state index contributed by atoms with van der Waals surface area (Å²) in [7, 11) is 1.71. The van der Waals surface area contributed by atoms with E-state index in [4.69, 9.17) is 9.73 Å². The Labute approximate surface area is 208 Å². The number of aliphatic imine (C=N–C) groups is 1. The molecule has 6 nitrogen and oxygen atoms in total. The first kappa shape index (κ1) is 25.7. The molecule has 0 fully saturated rings. The van der Waals surface area contributed by atoms with Gasteiger partial charge in [-0.05, 0) is 43.0 Å². The number of guanidine groups is 1. The monoisotopic (exact) mass is 547 g/mol. The number of rotatable bonds is 10. The standard InChI is InChI=1S/C25H33N5O.HI/c1-4-26-25(28-14-12-21-11-10-20(2)23(18-21)31-3)29-15-13-24-27-16-17-30(24)19-22-8-6-5-7-9-22;/h5-11,16-18H,4,12-15,19H2,1-3H3,(H2,26,28,29);1H. The zero-order valence-electron chi connectivity index (χ0n) is 19.2. The molecule has 1 aromatic heterocycles. The van der Waals surface area contributed by atoms with Crippen LogP contribution >= 0.6 is 24.0 Å². The lowest BCUT2D eigenvalue weighted by molar-refractivity contribution is 0.411. The maximum Gasteiger partial charge on any atom is 0.191 e. The van der Waals surface area contributed by atoms with Gasteiger partial charge in [0.25, 0.3) is 0 Å². The van der Waals surface area contributed by atoms with Gasteiger partial charge in [0.1, 0.15) is 11.6 Å². The molecule has 172 valence electrons. The second kappa shape index (κ2) is 13.8. The summed E-state index contributed by atoms with van der Waals surface area (Å²) in [6.07, 6.45) is 5.60. The van der Waals surface area contributed by atoms with E-state index >= 15 is 0 Å². The normalized spacial score (nSPS) is 11.0. The van der Waals surface area contributed by atoms with Crippen LogP contribution in [0.2, 0.25) is 0 Å². The number of hydrogen-bond acceptors (Lipinski definition) is 3. The maximum atomic E-state index is 5.42. The first-order valence-electron chi connectivity index (χ1n) is 10.9. The Bertz CT molecular complexity index is 971. The van der Waals surface area contributed by atoms with Crippen molar-refractivity contribution >= 4 is 29.9 Å². The molecule has 2 N–H and O–H groups in total. The maximum absolute atomic E-state index is 5.42. The number of imidazole rings is 1. The van der Waals surface area contributed by atoms with Crippen molar-refractivity contribution in [2.45, 2.75) is 33.2 Å². The van der Waals surface area contributed by atoms with Crippen LogP contribution in [0.5, 0.6) is 5.75 Å². The number of aryl methyl sites for hydroxylation is 1. The quantitative estimate of drug-likeness (QED) is 0.227. The van der Waals surface area contributed by atoms with Crippen LogP contribution in [0.15, 0.2) is 65.9 Å². The molecular weight excluding hydrogens is 513 g/mol. The summed E-state index contributed by atoms with van der Waals surface area (Å²) in [4.78, 5) is 9.25. The molecule has 1 heterocycles. The van der Waals surface area contributed by atoms with Crippen molar-refractivity contribution in [3.8, 4) is 5.75 Å². The van der Waals surface area contributed by atoms with E-state index in [0.29, 0.717) is 6.54 Å². The highest BCUT2D eigenvalue weighted by molar-refractivity contribution is 14.0. The number of hydrogen-bond donors (Lipinski definition) is 2. The zero-order chi connectivity index (χ0) is 21.9. The molecule has 0 bridgehead atoms. The van der Waals surface area contributed by atoms with Gasteiger partial charge in [-0.3, -0.25) is 4.99 Å². The van der Waals surface area contributed by atoms with E-state index in [9.17, 15) is 0 Å². The lowest BCUT2D eigenvalue weighted by Gasteiger charge is -2.12. The van der Waals surface area contributed by atoms with Crippen LogP contribution in [0.3, 0.4) is 0 Å². The Morgan fingerprint density at radius 3 is 2.62 bits per heavy atom. The molecule has 0 aliphatic rings. The summed E-state index contributed by atoms with van der Waals surface area (Å²) in [5.41, 5.74) is 3.67. The van der Waals surface area contributed by atoms with E-state index in [1.807, 2.05) is 18.5 Å². The van der Waals surface area contributed by atoms with Gasteiger partial charge in [0, 0.05) is 45.0 Å². The van der Waals surface area contributed by atoms with E-state index < -0.39 is 0 Å². The molecule has 3 aromatic rings. The average Bonchev–Trinajstić information content (AvgIpc) is 3.22. The van der Waals surface area contributed by atoms with Crippen LogP contribution in [-0.4, -0.2) is 42.3 Å². The predicted molar refractivity (Wildman–Crippen MR) is 142 cm³/mol. The van der Waals surface area contributed by atoms with Crippen molar-refractivity contribution in [1.29, 1.82) is 0 Å². The predicted octanol–water partition coefficient (Wildman–Crippen LogP) is 4.21. The Morgan fingerprint density at radius 2 is 1.88 bits per heavy atom. The molecule has 0 atom stereocenters. The molecule has 32 heavy (non-hydrogen) atoms. The minimum absolute atomic E-state index is 0. The molecule has 0 aliphatic heterocycles. The number of ether oxygens (including phenoxy) is 1. The zero-order valence-corrected chi connectivity index (χ0v) is 21.5. The number of methoxy groups -OCH3 is 1. The molecule has 0 spiro atoms. The largest absolute Gasteiger partial charge is 0.496 e. The number of benzene rings is 2. The molecule has 7 heteroatoms. The van der Waals surface area contributed by atoms with Crippen molar-refractivity contribution in [3.63, 3.8) is 0 Å². The van der Waals surface area contributed by atoms with Gasteiger partial charge in [0.05, 0.1) is 7.11 Å². The lowest BCUT2D eigenvalue weighted by Crippen LogP contribution is -2.38. The average molecular weight is 547 g/mol.